The molecule has 0 fully saturated rings. The zero-order valence-electron chi connectivity index (χ0n) is 12.4. The highest BCUT2D eigenvalue weighted by molar-refractivity contribution is 6.31. The minimum absolute atomic E-state index is 0.329. The normalized spacial score (nSPS) is 10.9. The quantitative estimate of drug-likeness (QED) is 0.723. The zero-order valence-corrected chi connectivity index (χ0v) is 13.2. The number of aromatic nitrogens is 1. The SMILES string of the molecule is COC(=O)c1ccc2[nH]c(C)c(Cc3ccccc3Cl)c2c1. The van der Waals surface area contributed by atoms with Crippen molar-refractivity contribution in [3.63, 3.8) is 0 Å². The fourth-order valence-corrected chi connectivity index (χ4v) is 2.89. The Bertz CT molecular complexity index is 851. The minimum atomic E-state index is -0.329. The standard InChI is InChI=1S/C18H16ClNO2/c1-11-14(9-12-5-3-4-6-16(12)19)15-10-13(18(21)22-2)7-8-17(15)20-11/h3-8,10,20H,9H2,1-2H3. The molecule has 0 aliphatic heterocycles. The lowest BCUT2D eigenvalue weighted by atomic mass is 10.0. The van der Waals surface area contributed by atoms with Crippen molar-refractivity contribution in [2.24, 2.45) is 0 Å². The van der Waals surface area contributed by atoms with Gasteiger partial charge in [-0.05, 0) is 42.3 Å². The lowest BCUT2D eigenvalue weighted by Gasteiger charge is -2.05. The number of aromatic amines is 1. The van der Waals surface area contributed by atoms with Gasteiger partial charge in [0.25, 0.3) is 0 Å². The van der Waals surface area contributed by atoms with Crippen molar-refractivity contribution in [1.82, 2.24) is 4.98 Å². The van der Waals surface area contributed by atoms with Crippen molar-refractivity contribution in [1.29, 1.82) is 0 Å². The molecule has 0 saturated carbocycles. The van der Waals surface area contributed by atoms with Gasteiger partial charge >= 0.3 is 5.97 Å². The topological polar surface area (TPSA) is 42.1 Å². The molecule has 2 aromatic carbocycles. The number of nitrogens with one attached hydrogen (secondary N) is 1. The van der Waals surface area contributed by atoms with Gasteiger partial charge in [0, 0.05) is 28.0 Å². The van der Waals surface area contributed by atoms with Gasteiger partial charge in [-0.15, -0.1) is 0 Å². The maximum atomic E-state index is 11.7. The van der Waals surface area contributed by atoms with Gasteiger partial charge in [0.05, 0.1) is 12.7 Å². The smallest absolute Gasteiger partial charge is 0.337 e. The van der Waals surface area contributed by atoms with E-state index in [1.165, 1.54) is 7.11 Å². The number of ether oxygens (including phenoxy) is 1. The third kappa shape index (κ3) is 2.60. The van der Waals surface area contributed by atoms with Gasteiger partial charge in [-0.2, -0.15) is 0 Å². The van der Waals surface area contributed by atoms with E-state index >= 15 is 0 Å². The van der Waals surface area contributed by atoms with Crippen LogP contribution in [0, 0.1) is 6.92 Å². The van der Waals surface area contributed by atoms with Crippen LogP contribution in [-0.2, 0) is 11.2 Å². The molecule has 4 heteroatoms. The molecule has 1 aromatic heterocycles. The van der Waals surface area contributed by atoms with Gasteiger partial charge in [-0.25, -0.2) is 4.79 Å². The van der Waals surface area contributed by atoms with E-state index in [1.54, 1.807) is 6.07 Å². The second-order valence-electron chi connectivity index (χ2n) is 5.25. The Morgan fingerprint density at radius 2 is 2.00 bits per heavy atom. The number of rotatable bonds is 3. The third-order valence-corrected chi connectivity index (χ3v) is 4.23. The summed E-state index contributed by atoms with van der Waals surface area (Å²) >= 11 is 6.26. The number of methoxy groups -OCH3 is 1. The number of hydrogen-bond donors (Lipinski definition) is 1. The largest absolute Gasteiger partial charge is 0.465 e. The van der Waals surface area contributed by atoms with Crippen LogP contribution in [0.3, 0.4) is 0 Å². The first-order valence-electron chi connectivity index (χ1n) is 7.03. The number of halogens is 1. The van der Waals surface area contributed by atoms with E-state index in [4.69, 9.17) is 16.3 Å². The summed E-state index contributed by atoms with van der Waals surface area (Å²) in [6, 6.07) is 13.4. The molecular weight excluding hydrogens is 298 g/mol. The number of hydrogen-bond acceptors (Lipinski definition) is 2. The monoisotopic (exact) mass is 313 g/mol. The van der Waals surface area contributed by atoms with Crippen LogP contribution >= 0.6 is 11.6 Å². The van der Waals surface area contributed by atoms with Gasteiger partial charge in [0.1, 0.15) is 0 Å². The third-order valence-electron chi connectivity index (χ3n) is 3.87. The van der Waals surface area contributed by atoms with E-state index in [0.29, 0.717) is 5.56 Å². The Morgan fingerprint density at radius 3 is 2.73 bits per heavy atom. The molecule has 0 saturated heterocycles. The molecule has 0 amide bonds. The maximum Gasteiger partial charge on any atom is 0.337 e. The molecule has 1 N–H and O–H groups in total. The highest BCUT2D eigenvalue weighted by atomic mass is 35.5. The molecule has 112 valence electrons. The Kier molecular flexibility index (Phi) is 3.90. The number of carbonyl (C=O) groups excluding carboxylic acids is 1. The highest BCUT2D eigenvalue weighted by Gasteiger charge is 2.13. The van der Waals surface area contributed by atoms with Crippen molar-refractivity contribution < 1.29 is 9.53 Å². The number of benzene rings is 2. The lowest BCUT2D eigenvalue weighted by Crippen LogP contribution is -2.00. The van der Waals surface area contributed by atoms with Crippen molar-refractivity contribution in [2.75, 3.05) is 7.11 Å². The summed E-state index contributed by atoms with van der Waals surface area (Å²) in [7, 11) is 1.39. The Labute approximate surface area is 133 Å². The van der Waals surface area contributed by atoms with E-state index in [-0.39, 0.29) is 5.97 Å². The van der Waals surface area contributed by atoms with Crippen LogP contribution in [0.25, 0.3) is 10.9 Å². The summed E-state index contributed by atoms with van der Waals surface area (Å²) in [4.78, 5) is 15.1. The molecular formula is C18H16ClNO2. The Morgan fingerprint density at radius 1 is 1.23 bits per heavy atom. The summed E-state index contributed by atoms with van der Waals surface area (Å²) in [5.41, 5.74) is 4.85. The first kappa shape index (κ1) is 14.7. The van der Waals surface area contributed by atoms with Crippen molar-refractivity contribution in [3.05, 3.63) is 69.9 Å². The predicted molar refractivity (Wildman–Crippen MR) is 88.6 cm³/mol. The van der Waals surface area contributed by atoms with E-state index < -0.39 is 0 Å². The molecule has 0 aliphatic carbocycles. The predicted octanol–water partition coefficient (Wildman–Crippen LogP) is 4.51. The molecule has 0 unspecified atom stereocenters. The Hall–Kier alpha value is -2.26. The number of esters is 1. The van der Waals surface area contributed by atoms with Crippen LogP contribution in [-0.4, -0.2) is 18.1 Å². The van der Waals surface area contributed by atoms with Crippen molar-refractivity contribution in [3.8, 4) is 0 Å². The second kappa shape index (κ2) is 5.85. The molecule has 0 aliphatic rings. The van der Waals surface area contributed by atoms with Crippen LogP contribution in [0.2, 0.25) is 5.02 Å². The molecule has 3 aromatic rings. The zero-order chi connectivity index (χ0) is 15.7. The van der Waals surface area contributed by atoms with Crippen LogP contribution in [0.5, 0.6) is 0 Å². The number of fused-ring (bicyclic) bond motifs is 1. The van der Waals surface area contributed by atoms with E-state index in [1.807, 2.05) is 43.3 Å². The van der Waals surface area contributed by atoms with E-state index in [9.17, 15) is 4.79 Å². The van der Waals surface area contributed by atoms with Gasteiger partial charge in [-0.1, -0.05) is 29.8 Å². The average Bonchev–Trinajstić information content (AvgIpc) is 2.84. The molecule has 0 bridgehead atoms. The first-order chi connectivity index (χ1) is 10.6. The van der Waals surface area contributed by atoms with Crippen LogP contribution < -0.4 is 0 Å². The average molecular weight is 314 g/mol. The summed E-state index contributed by atoms with van der Waals surface area (Å²) < 4.78 is 4.80. The van der Waals surface area contributed by atoms with Crippen LogP contribution in [0.15, 0.2) is 42.5 Å². The fraction of sp³-hybridized carbons (Fsp3) is 0.167. The number of aryl methyl sites for hydroxylation is 1. The summed E-state index contributed by atoms with van der Waals surface area (Å²) in [5.74, 6) is -0.329. The number of carbonyl (C=O) groups is 1. The minimum Gasteiger partial charge on any atom is -0.465 e. The molecule has 22 heavy (non-hydrogen) atoms. The first-order valence-corrected chi connectivity index (χ1v) is 7.41. The summed E-state index contributed by atoms with van der Waals surface area (Å²) in [5, 5.41) is 1.78. The maximum absolute atomic E-state index is 11.7. The summed E-state index contributed by atoms with van der Waals surface area (Å²) in [6.45, 7) is 2.03. The van der Waals surface area contributed by atoms with Gasteiger partial charge < -0.3 is 9.72 Å². The summed E-state index contributed by atoms with van der Waals surface area (Å²) in [6.07, 6.45) is 0.718. The van der Waals surface area contributed by atoms with E-state index in [2.05, 4.69) is 4.98 Å². The lowest BCUT2D eigenvalue weighted by molar-refractivity contribution is 0.0601. The van der Waals surface area contributed by atoms with Crippen molar-refractivity contribution in [2.45, 2.75) is 13.3 Å². The van der Waals surface area contributed by atoms with E-state index in [0.717, 1.165) is 39.2 Å². The van der Waals surface area contributed by atoms with Gasteiger partial charge in [0.2, 0.25) is 0 Å². The second-order valence-corrected chi connectivity index (χ2v) is 5.66. The molecule has 3 nitrogen and oxygen atoms in total. The highest BCUT2D eigenvalue weighted by Crippen LogP contribution is 2.28. The molecule has 3 rings (SSSR count). The fourth-order valence-electron chi connectivity index (χ4n) is 2.69. The number of H-pyrrole nitrogens is 1. The van der Waals surface area contributed by atoms with Gasteiger partial charge in [0.15, 0.2) is 0 Å². The molecule has 0 spiro atoms. The molecule has 1 heterocycles. The van der Waals surface area contributed by atoms with Crippen LogP contribution in [0.1, 0.15) is 27.2 Å². The van der Waals surface area contributed by atoms with Crippen LogP contribution in [0.4, 0.5) is 0 Å². The Balaban J connectivity index is 2.10. The molecule has 0 atom stereocenters. The van der Waals surface area contributed by atoms with Gasteiger partial charge in [-0.3, -0.25) is 0 Å². The van der Waals surface area contributed by atoms with Crippen molar-refractivity contribution >= 4 is 28.5 Å². The molecule has 0 radical (unpaired) electrons.